The molecule has 0 aliphatic carbocycles. The quantitative estimate of drug-likeness (QED) is 0.355. The van der Waals surface area contributed by atoms with Crippen molar-refractivity contribution in [1.82, 2.24) is 0 Å². The SMILES string of the molecule is Cc1ccc(NS(=O)(=O)c2cccc(N/N=C(\C#N)C(=N)N)c2)cc1. The molecule has 2 aromatic carbocycles. The van der Waals surface area contributed by atoms with E-state index in [0.717, 1.165) is 5.56 Å². The summed E-state index contributed by atoms with van der Waals surface area (Å²) in [6.45, 7) is 1.91. The highest BCUT2D eigenvalue weighted by molar-refractivity contribution is 7.92. The molecule has 0 saturated heterocycles. The molecular weight excluding hydrogens is 340 g/mol. The maximum Gasteiger partial charge on any atom is 0.261 e. The van der Waals surface area contributed by atoms with Crippen LogP contribution in [0, 0.1) is 23.7 Å². The van der Waals surface area contributed by atoms with Crippen LogP contribution in [0.5, 0.6) is 0 Å². The van der Waals surface area contributed by atoms with Crippen molar-refractivity contribution < 1.29 is 8.42 Å². The number of rotatable bonds is 6. The summed E-state index contributed by atoms with van der Waals surface area (Å²) in [5.74, 6) is -0.486. The Morgan fingerprint density at radius 1 is 1.20 bits per heavy atom. The molecule has 9 heteroatoms. The van der Waals surface area contributed by atoms with E-state index in [2.05, 4.69) is 15.2 Å². The number of hydrogen-bond acceptors (Lipinski definition) is 6. The average Bonchev–Trinajstić information content (AvgIpc) is 2.57. The van der Waals surface area contributed by atoms with Gasteiger partial charge in [-0.15, -0.1) is 0 Å². The number of benzene rings is 2. The maximum absolute atomic E-state index is 12.5. The van der Waals surface area contributed by atoms with E-state index in [1.165, 1.54) is 18.2 Å². The van der Waals surface area contributed by atoms with E-state index in [-0.39, 0.29) is 10.6 Å². The first-order valence-electron chi connectivity index (χ1n) is 7.09. The Bertz CT molecular complexity index is 959. The van der Waals surface area contributed by atoms with Gasteiger partial charge < -0.3 is 5.73 Å². The molecule has 8 nitrogen and oxygen atoms in total. The topological polar surface area (TPSA) is 144 Å². The molecular formula is C16H16N6O2S. The normalized spacial score (nSPS) is 11.4. The van der Waals surface area contributed by atoms with Crippen LogP contribution in [0.4, 0.5) is 11.4 Å². The molecule has 0 unspecified atom stereocenters. The molecule has 0 amide bonds. The molecule has 0 fully saturated rings. The summed E-state index contributed by atoms with van der Waals surface area (Å²) in [6, 6.07) is 14.5. The van der Waals surface area contributed by atoms with E-state index in [1.807, 2.05) is 6.92 Å². The first kappa shape index (κ1) is 18.0. The van der Waals surface area contributed by atoms with Gasteiger partial charge in [0.25, 0.3) is 10.0 Å². The molecule has 0 aromatic heterocycles. The highest BCUT2D eigenvalue weighted by atomic mass is 32.2. The number of nitrogens with one attached hydrogen (secondary N) is 3. The van der Waals surface area contributed by atoms with E-state index in [4.69, 9.17) is 16.4 Å². The molecule has 128 valence electrons. The molecule has 0 aliphatic heterocycles. The predicted molar refractivity (Wildman–Crippen MR) is 97.0 cm³/mol. The van der Waals surface area contributed by atoms with Gasteiger partial charge in [0.1, 0.15) is 6.07 Å². The Morgan fingerprint density at radius 2 is 1.88 bits per heavy atom. The molecule has 0 bridgehead atoms. The lowest BCUT2D eigenvalue weighted by molar-refractivity contribution is 0.601. The summed E-state index contributed by atoms with van der Waals surface area (Å²) < 4.78 is 27.4. The summed E-state index contributed by atoms with van der Waals surface area (Å²) in [4.78, 5) is 0.0228. The van der Waals surface area contributed by atoms with Crippen molar-refractivity contribution in [2.24, 2.45) is 10.8 Å². The Hall–Kier alpha value is -3.38. The van der Waals surface area contributed by atoms with Crippen LogP contribution in [0.3, 0.4) is 0 Å². The number of nitrogens with zero attached hydrogens (tertiary/aromatic N) is 2. The number of nitriles is 1. The molecule has 0 saturated carbocycles. The van der Waals surface area contributed by atoms with Gasteiger partial charge in [-0.2, -0.15) is 10.4 Å². The van der Waals surface area contributed by atoms with Crippen molar-refractivity contribution in [3.63, 3.8) is 0 Å². The van der Waals surface area contributed by atoms with Crippen LogP contribution in [0.2, 0.25) is 0 Å². The lowest BCUT2D eigenvalue weighted by Gasteiger charge is -2.09. The lowest BCUT2D eigenvalue weighted by atomic mass is 10.2. The van der Waals surface area contributed by atoms with Crippen molar-refractivity contribution in [2.75, 3.05) is 10.1 Å². The number of nitrogens with two attached hydrogens (primary N) is 1. The zero-order valence-corrected chi connectivity index (χ0v) is 14.1. The largest absolute Gasteiger partial charge is 0.382 e. The average molecular weight is 356 g/mol. The summed E-state index contributed by atoms with van der Waals surface area (Å²) in [5.41, 5.74) is 9.21. The van der Waals surface area contributed by atoms with Gasteiger partial charge in [-0.1, -0.05) is 23.8 Å². The van der Waals surface area contributed by atoms with E-state index < -0.39 is 15.9 Å². The Labute approximate surface area is 145 Å². The standard InChI is InChI=1S/C16H16N6O2S/c1-11-5-7-12(8-6-11)22-25(23,24)14-4-2-3-13(9-14)20-21-15(10-17)16(18)19/h2-9,20,22H,1H3,(H3,18,19)/b21-15+. The number of amidine groups is 1. The maximum atomic E-state index is 12.5. The van der Waals surface area contributed by atoms with E-state index in [9.17, 15) is 8.42 Å². The number of anilines is 2. The molecule has 2 rings (SSSR count). The van der Waals surface area contributed by atoms with Crippen LogP contribution in [-0.2, 0) is 10.0 Å². The van der Waals surface area contributed by atoms with Crippen LogP contribution in [0.25, 0.3) is 0 Å². The lowest BCUT2D eigenvalue weighted by Crippen LogP contribution is -2.21. The van der Waals surface area contributed by atoms with Crippen molar-refractivity contribution in [3.05, 3.63) is 54.1 Å². The van der Waals surface area contributed by atoms with E-state index in [1.54, 1.807) is 36.4 Å². The minimum atomic E-state index is -3.78. The zero-order valence-electron chi connectivity index (χ0n) is 13.3. The summed E-state index contributed by atoms with van der Waals surface area (Å²) in [5, 5.41) is 19.6. The van der Waals surface area contributed by atoms with Crippen molar-refractivity contribution in [3.8, 4) is 6.07 Å². The highest BCUT2D eigenvalue weighted by Gasteiger charge is 2.14. The minimum absolute atomic E-state index is 0.0228. The van der Waals surface area contributed by atoms with E-state index >= 15 is 0 Å². The Balaban J connectivity index is 2.23. The number of hydrogen-bond donors (Lipinski definition) is 4. The van der Waals surface area contributed by atoms with Crippen molar-refractivity contribution >= 4 is 32.9 Å². The zero-order chi connectivity index (χ0) is 18.4. The van der Waals surface area contributed by atoms with Gasteiger partial charge in [0.05, 0.1) is 10.6 Å². The van der Waals surface area contributed by atoms with Gasteiger partial charge in [0.15, 0.2) is 5.84 Å². The monoisotopic (exact) mass is 356 g/mol. The molecule has 0 atom stereocenters. The summed E-state index contributed by atoms with van der Waals surface area (Å²) in [6.07, 6.45) is 0. The number of hydrazone groups is 1. The molecule has 0 heterocycles. The molecule has 0 spiro atoms. The molecule has 2 aromatic rings. The molecule has 5 N–H and O–H groups in total. The molecule has 25 heavy (non-hydrogen) atoms. The summed E-state index contributed by atoms with van der Waals surface area (Å²) >= 11 is 0. The second kappa shape index (κ2) is 7.46. The van der Waals surface area contributed by atoms with Gasteiger partial charge in [-0.05, 0) is 37.3 Å². The van der Waals surface area contributed by atoms with Crippen LogP contribution >= 0.6 is 0 Å². The van der Waals surface area contributed by atoms with Gasteiger partial charge in [0, 0.05) is 5.69 Å². The smallest absolute Gasteiger partial charge is 0.261 e. The predicted octanol–water partition coefficient (Wildman–Crippen LogP) is 2.02. The molecule has 0 aliphatic rings. The van der Waals surface area contributed by atoms with E-state index in [0.29, 0.717) is 11.4 Å². The minimum Gasteiger partial charge on any atom is -0.382 e. The van der Waals surface area contributed by atoms with Gasteiger partial charge in [0.2, 0.25) is 5.71 Å². The van der Waals surface area contributed by atoms with Crippen molar-refractivity contribution in [2.45, 2.75) is 11.8 Å². The first-order valence-corrected chi connectivity index (χ1v) is 8.58. The first-order chi connectivity index (χ1) is 11.8. The van der Waals surface area contributed by atoms with Gasteiger partial charge in [-0.3, -0.25) is 15.6 Å². The second-order valence-corrected chi connectivity index (χ2v) is 6.78. The third-order valence-electron chi connectivity index (χ3n) is 3.11. The van der Waals surface area contributed by atoms with Crippen molar-refractivity contribution in [1.29, 1.82) is 10.7 Å². The van der Waals surface area contributed by atoms with Crippen LogP contribution in [-0.4, -0.2) is 20.0 Å². The highest BCUT2D eigenvalue weighted by Crippen LogP contribution is 2.19. The Kier molecular flexibility index (Phi) is 5.36. The van der Waals surface area contributed by atoms with Crippen LogP contribution in [0.15, 0.2) is 58.5 Å². The summed E-state index contributed by atoms with van der Waals surface area (Å²) in [7, 11) is -3.78. The fraction of sp³-hybridized carbons (Fsp3) is 0.0625. The number of aryl methyl sites for hydroxylation is 1. The number of sulfonamides is 1. The molecule has 0 radical (unpaired) electrons. The van der Waals surface area contributed by atoms with Crippen LogP contribution < -0.4 is 15.9 Å². The fourth-order valence-electron chi connectivity index (χ4n) is 1.83. The Morgan fingerprint density at radius 3 is 2.48 bits per heavy atom. The van der Waals surface area contributed by atoms with Crippen LogP contribution in [0.1, 0.15) is 5.56 Å². The van der Waals surface area contributed by atoms with Gasteiger partial charge >= 0.3 is 0 Å². The second-order valence-electron chi connectivity index (χ2n) is 5.10. The third-order valence-corrected chi connectivity index (χ3v) is 4.48. The van der Waals surface area contributed by atoms with Gasteiger partial charge in [-0.25, -0.2) is 8.42 Å². The fourth-order valence-corrected chi connectivity index (χ4v) is 2.94. The third kappa shape index (κ3) is 4.79.